The standard InChI is InChI=1S/C22H21F3N4O/c1-30-19-4-2-3-18(13-19)28-9-11-29(12-10-28)21-15-26-14-20(27-21)16-5-7-17(8-6-16)22(23,24)25/h2-8,13-15H,9-12H2,1H3. The molecular weight excluding hydrogens is 393 g/mol. The second-order valence-corrected chi connectivity index (χ2v) is 7.01. The second-order valence-electron chi connectivity index (χ2n) is 7.01. The highest BCUT2D eigenvalue weighted by Crippen LogP contribution is 2.31. The van der Waals surface area contributed by atoms with Crippen molar-refractivity contribution in [1.29, 1.82) is 0 Å². The Hall–Kier alpha value is -3.29. The van der Waals surface area contributed by atoms with Crippen LogP contribution >= 0.6 is 0 Å². The second kappa shape index (κ2) is 8.22. The van der Waals surface area contributed by atoms with Gasteiger partial charge in [-0.05, 0) is 24.3 Å². The monoisotopic (exact) mass is 414 g/mol. The average Bonchev–Trinajstić information content (AvgIpc) is 2.79. The summed E-state index contributed by atoms with van der Waals surface area (Å²) >= 11 is 0. The third-order valence-electron chi connectivity index (χ3n) is 5.15. The van der Waals surface area contributed by atoms with E-state index < -0.39 is 11.7 Å². The van der Waals surface area contributed by atoms with E-state index in [0.717, 1.165) is 55.6 Å². The molecule has 2 aromatic carbocycles. The number of ether oxygens (including phenoxy) is 1. The lowest BCUT2D eigenvalue weighted by atomic mass is 10.1. The molecule has 0 amide bonds. The van der Waals surface area contributed by atoms with E-state index in [1.165, 1.54) is 12.1 Å². The molecule has 1 saturated heterocycles. The molecule has 0 N–H and O–H groups in total. The highest BCUT2D eigenvalue weighted by atomic mass is 19.4. The zero-order valence-electron chi connectivity index (χ0n) is 16.4. The van der Waals surface area contributed by atoms with Gasteiger partial charge in [0.05, 0.1) is 30.8 Å². The third-order valence-corrected chi connectivity index (χ3v) is 5.15. The number of alkyl halides is 3. The minimum atomic E-state index is -4.35. The number of halogens is 3. The van der Waals surface area contributed by atoms with Gasteiger partial charge in [-0.1, -0.05) is 18.2 Å². The van der Waals surface area contributed by atoms with Crippen LogP contribution in [0.4, 0.5) is 24.7 Å². The lowest BCUT2D eigenvalue weighted by Gasteiger charge is -2.36. The number of rotatable bonds is 4. The summed E-state index contributed by atoms with van der Waals surface area (Å²) in [4.78, 5) is 13.3. The number of piperazine rings is 1. The maximum Gasteiger partial charge on any atom is 0.416 e. The van der Waals surface area contributed by atoms with Gasteiger partial charge in [-0.2, -0.15) is 13.2 Å². The maximum atomic E-state index is 12.8. The molecule has 0 bridgehead atoms. The molecule has 1 fully saturated rings. The smallest absolute Gasteiger partial charge is 0.416 e. The number of nitrogens with zero attached hydrogens (tertiary/aromatic N) is 4. The van der Waals surface area contributed by atoms with Crippen molar-refractivity contribution in [1.82, 2.24) is 9.97 Å². The van der Waals surface area contributed by atoms with Crippen molar-refractivity contribution in [3.8, 4) is 17.0 Å². The lowest BCUT2D eigenvalue weighted by molar-refractivity contribution is -0.137. The summed E-state index contributed by atoms with van der Waals surface area (Å²) in [6.07, 6.45) is -1.10. The minimum Gasteiger partial charge on any atom is -0.497 e. The minimum absolute atomic E-state index is 0.552. The van der Waals surface area contributed by atoms with E-state index in [0.29, 0.717) is 11.3 Å². The molecule has 3 aromatic rings. The van der Waals surface area contributed by atoms with Crippen LogP contribution in [0.2, 0.25) is 0 Å². The van der Waals surface area contributed by atoms with Crippen LogP contribution < -0.4 is 14.5 Å². The Labute approximate surface area is 172 Å². The van der Waals surface area contributed by atoms with Gasteiger partial charge in [0.1, 0.15) is 11.6 Å². The van der Waals surface area contributed by atoms with Crippen molar-refractivity contribution in [3.05, 3.63) is 66.5 Å². The Balaban J connectivity index is 1.46. The van der Waals surface area contributed by atoms with Crippen LogP contribution in [0.15, 0.2) is 60.9 Å². The summed E-state index contributed by atoms with van der Waals surface area (Å²) < 4.78 is 43.6. The Morgan fingerprint density at radius 2 is 1.60 bits per heavy atom. The van der Waals surface area contributed by atoms with Crippen LogP contribution in [-0.4, -0.2) is 43.3 Å². The van der Waals surface area contributed by atoms with Crippen LogP contribution in [0.1, 0.15) is 5.56 Å². The molecule has 0 unspecified atom stereocenters. The summed E-state index contributed by atoms with van der Waals surface area (Å²) in [5.74, 6) is 1.54. The highest BCUT2D eigenvalue weighted by molar-refractivity contribution is 5.61. The fraction of sp³-hybridized carbons (Fsp3) is 0.273. The van der Waals surface area contributed by atoms with Gasteiger partial charge in [0.15, 0.2) is 0 Å². The molecule has 0 spiro atoms. The first-order valence-electron chi connectivity index (χ1n) is 9.58. The summed E-state index contributed by atoms with van der Waals surface area (Å²) in [5, 5.41) is 0. The normalized spacial score (nSPS) is 14.7. The topological polar surface area (TPSA) is 41.5 Å². The Kier molecular flexibility index (Phi) is 5.48. The lowest BCUT2D eigenvalue weighted by Crippen LogP contribution is -2.46. The molecular formula is C22H21F3N4O. The molecule has 1 aliphatic rings. The zero-order valence-corrected chi connectivity index (χ0v) is 16.4. The average molecular weight is 414 g/mol. The van der Waals surface area contributed by atoms with Crippen LogP contribution in [-0.2, 0) is 6.18 Å². The van der Waals surface area contributed by atoms with Gasteiger partial charge < -0.3 is 14.5 Å². The Morgan fingerprint density at radius 3 is 2.27 bits per heavy atom. The first kappa shape index (κ1) is 20.0. The van der Waals surface area contributed by atoms with Crippen LogP contribution in [0.5, 0.6) is 5.75 Å². The van der Waals surface area contributed by atoms with Gasteiger partial charge in [-0.25, -0.2) is 4.98 Å². The summed E-state index contributed by atoms with van der Waals surface area (Å²) in [7, 11) is 1.65. The summed E-state index contributed by atoms with van der Waals surface area (Å²) in [6, 6.07) is 13.0. The predicted molar refractivity (Wildman–Crippen MR) is 110 cm³/mol. The molecule has 2 heterocycles. The molecule has 0 atom stereocenters. The van der Waals surface area contributed by atoms with E-state index in [2.05, 4.69) is 25.8 Å². The van der Waals surface area contributed by atoms with E-state index in [1.54, 1.807) is 19.5 Å². The third kappa shape index (κ3) is 4.32. The number of benzene rings is 2. The van der Waals surface area contributed by atoms with Crippen LogP contribution in [0.3, 0.4) is 0 Å². The number of anilines is 2. The largest absolute Gasteiger partial charge is 0.497 e. The molecule has 5 nitrogen and oxygen atoms in total. The quantitative estimate of drug-likeness (QED) is 0.629. The highest BCUT2D eigenvalue weighted by Gasteiger charge is 2.30. The van der Waals surface area contributed by atoms with E-state index >= 15 is 0 Å². The SMILES string of the molecule is COc1cccc(N2CCN(c3cncc(-c4ccc(C(F)(F)F)cc4)n3)CC2)c1. The maximum absolute atomic E-state index is 12.8. The van der Waals surface area contributed by atoms with Gasteiger partial charge in [0.2, 0.25) is 0 Å². The van der Waals surface area contributed by atoms with Gasteiger partial charge in [-0.15, -0.1) is 0 Å². The summed E-state index contributed by atoms with van der Waals surface area (Å²) in [5.41, 5.74) is 1.59. The van der Waals surface area contributed by atoms with Gasteiger partial charge in [0, 0.05) is 43.5 Å². The van der Waals surface area contributed by atoms with Gasteiger partial charge in [0.25, 0.3) is 0 Å². The zero-order chi connectivity index (χ0) is 21.1. The molecule has 30 heavy (non-hydrogen) atoms. The van der Waals surface area contributed by atoms with Crippen molar-refractivity contribution in [2.24, 2.45) is 0 Å². The van der Waals surface area contributed by atoms with E-state index in [1.807, 2.05) is 18.2 Å². The predicted octanol–water partition coefficient (Wildman–Crippen LogP) is 4.50. The van der Waals surface area contributed by atoms with E-state index in [4.69, 9.17) is 4.74 Å². The fourth-order valence-corrected chi connectivity index (χ4v) is 3.48. The first-order valence-corrected chi connectivity index (χ1v) is 9.58. The molecule has 0 aliphatic carbocycles. The number of methoxy groups -OCH3 is 1. The Bertz CT molecular complexity index is 1000. The number of hydrogen-bond donors (Lipinski definition) is 0. The molecule has 8 heteroatoms. The molecule has 156 valence electrons. The fourth-order valence-electron chi connectivity index (χ4n) is 3.48. The van der Waals surface area contributed by atoms with E-state index in [-0.39, 0.29) is 0 Å². The van der Waals surface area contributed by atoms with Crippen molar-refractivity contribution in [2.45, 2.75) is 6.18 Å². The molecule has 4 rings (SSSR count). The van der Waals surface area contributed by atoms with Crippen molar-refractivity contribution >= 4 is 11.5 Å². The van der Waals surface area contributed by atoms with Crippen LogP contribution in [0, 0.1) is 0 Å². The van der Waals surface area contributed by atoms with Crippen molar-refractivity contribution in [3.63, 3.8) is 0 Å². The van der Waals surface area contributed by atoms with Gasteiger partial charge >= 0.3 is 6.18 Å². The number of aromatic nitrogens is 2. The first-order chi connectivity index (χ1) is 14.4. The van der Waals surface area contributed by atoms with Crippen molar-refractivity contribution in [2.75, 3.05) is 43.1 Å². The molecule has 1 aromatic heterocycles. The van der Waals surface area contributed by atoms with E-state index in [9.17, 15) is 13.2 Å². The Morgan fingerprint density at radius 1 is 0.900 bits per heavy atom. The molecule has 0 saturated carbocycles. The summed E-state index contributed by atoms with van der Waals surface area (Å²) in [6.45, 7) is 3.17. The van der Waals surface area contributed by atoms with Gasteiger partial charge in [-0.3, -0.25) is 4.98 Å². The van der Waals surface area contributed by atoms with Crippen molar-refractivity contribution < 1.29 is 17.9 Å². The van der Waals surface area contributed by atoms with Crippen LogP contribution in [0.25, 0.3) is 11.3 Å². The molecule has 0 radical (unpaired) electrons. The number of hydrogen-bond acceptors (Lipinski definition) is 5. The molecule has 1 aliphatic heterocycles.